The van der Waals surface area contributed by atoms with E-state index < -0.39 is 5.41 Å². The minimum atomic E-state index is -0.424. The number of aromatic nitrogens is 1. The van der Waals surface area contributed by atoms with Crippen molar-refractivity contribution >= 4 is 66.3 Å². The highest BCUT2D eigenvalue weighted by atomic mass is 32.2. The lowest BCUT2D eigenvalue weighted by Crippen LogP contribution is -2.31. The fourth-order valence-electron chi connectivity index (χ4n) is 9.27. The molecule has 2 nitrogen and oxygen atoms in total. The van der Waals surface area contributed by atoms with Crippen LogP contribution in [0.25, 0.3) is 71.3 Å². The van der Waals surface area contributed by atoms with Crippen molar-refractivity contribution in [3.63, 3.8) is 0 Å². The molecule has 3 heterocycles. The van der Waals surface area contributed by atoms with Crippen LogP contribution in [0.1, 0.15) is 22.3 Å². The second-order valence-corrected chi connectivity index (χ2v) is 14.7. The lowest BCUT2D eigenvalue weighted by Gasteiger charge is -2.39. The fourth-order valence-corrected chi connectivity index (χ4v) is 10.5. The van der Waals surface area contributed by atoms with Gasteiger partial charge in [0.15, 0.2) is 0 Å². The summed E-state index contributed by atoms with van der Waals surface area (Å²) in [5, 5.41) is 7.35. The van der Waals surface area contributed by atoms with Gasteiger partial charge in [-0.05, 0) is 92.7 Å². The quantitative estimate of drug-likeness (QED) is 0.175. The molecule has 1 aliphatic carbocycles. The molecule has 8 aromatic carbocycles. The third kappa shape index (κ3) is 3.26. The van der Waals surface area contributed by atoms with E-state index in [4.69, 9.17) is 4.42 Å². The molecule has 0 saturated carbocycles. The lowest BCUT2D eigenvalue weighted by atomic mass is 9.67. The van der Waals surface area contributed by atoms with Crippen molar-refractivity contribution in [3.8, 4) is 16.8 Å². The molecule has 3 heteroatoms. The Hall–Kier alpha value is -6.03. The van der Waals surface area contributed by atoms with E-state index in [1.807, 2.05) is 17.8 Å². The minimum absolute atomic E-state index is 0.424. The first-order chi connectivity index (χ1) is 24.8. The molecule has 232 valence electrons. The smallest absolute Gasteiger partial charge is 0.135 e. The van der Waals surface area contributed by atoms with Crippen molar-refractivity contribution in [2.45, 2.75) is 15.2 Å². The summed E-state index contributed by atoms with van der Waals surface area (Å²) in [7, 11) is 0. The van der Waals surface area contributed by atoms with Crippen molar-refractivity contribution < 1.29 is 4.42 Å². The Morgan fingerprint density at radius 1 is 0.440 bits per heavy atom. The van der Waals surface area contributed by atoms with Crippen LogP contribution in [0.3, 0.4) is 0 Å². The molecular formula is C47H27NOS. The van der Waals surface area contributed by atoms with Crippen molar-refractivity contribution in [3.05, 3.63) is 186 Å². The van der Waals surface area contributed by atoms with E-state index in [1.54, 1.807) is 0 Å². The standard InChI is InChI=1S/C47H27NOS/c1-2-12-30-28(11-1)21-23-40-46(30)35-26-39-45(27-41(35)48(40)29-22-24-43-34(25-29)33-15-5-9-19-42(33)49-43)50-44-20-10-8-18-38(44)47(39)36-16-6-3-13-31(36)32-14-4-7-17-37(32)47/h1-27H. The van der Waals surface area contributed by atoms with Gasteiger partial charge >= 0.3 is 0 Å². The zero-order valence-electron chi connectivity index (χ0n) is 26.9. The molecule has 0 amide bonds. The van der Waals surface area contributed by atoms with Gasteiger partial charge in [-0.25, -0.2) is 0 Å². The van der Waals surface area contributed by atoms with E-state index in [0.717, 1.165) is 27.6 Å². The van der Waals surface area contributed by atoms with E-state index in [2.05, 4.69) is 162 Å². The highest BCUT2D eigenvalue weighted by molar-refractivity contribution is 7.99. The Bertz CT molecular complexity index is 3040. The maximum atomic E-state index is 6.26. The van der Waals surface area contributed by atoms with Gasteiger partial charge in [-0.1, -0.05) is 127 Å². The normalized spacial score (nSPS) is 14.1. The fraction of sp³-hybridized carbons (Fsp3) is 0.0213. The molecule has 0 bridgehead atoms. The Morgan fingerprint density at radius 3 is 1.96 bits per heavy atom. The van der Waals surface area contributed by atoms with Crippen LogP contribution >= 0.6 is 11.8 Å². The van der Waals surface area contributed by atoms with Crippen molar-refractivity contribution in [2.75, 3.05) is 0 Å². The molecule has 50 heavy (non-hydrogen) atoms. The number of fused-ring (bicyclic) bond motifs is 17. The van der Waals surface area contributed by atoms with Crippen molar-refractivity contribution in [1.82, 2.24) is 4.57 Å². The number of furan rings is 1. The Labute approximate surface area is 292 Å². The Balaban J connectivity index is 1.25. The maximum Gasteiger partial charge on any atom is 0.135 e. The molecule has 2 aliphatic rings. The van der Waals surface area contributed by atoms with Crippen LogP contribution in [0.15, 0.2) is 178 Å². The molecule has 0 saturated heterocycles. The van der Waals surface area contributed by atoms with E-state index >= 15 is 0 Å². The molecule has 0 unspecified atom stereocenters. The summed E-state index contributed by atoms with van der Waals surface area (Å²) < 4.78 is 8.74. The van der Waals surface area contributed by atoms with Crippen LogP contribution in [0.4, 0.5) is 0 Å². The van der Waals surface area contributed by atoms with Gasteiger partial charge < -0.3 is 8.98 Å². The SMILES string of the molecule is c1ccc2c(c1)Sc1cc3c(cc1C21c2ccccc2-c2ccccc21)c1c2ccccc2ccc1n3-c1ccc2oc3ccccc3c2c1. The number of rotatable bonds is 1. The predicted octanol–water partition coefficient (Wildman–Crippen LogP) is 12.7. The second-order valence-electron chi connectivity index (χ2n) is 13.6. The molecular weight excluding hydrogens is 627 g/mol. The molecule has 1 aliphatic heterocycles. The first-order valence-corrected chi connectivity index (χ1v) is 18.0. The number of hydrogen-bond donors (Lipinski definition) is 0. The third-order valence-electron chi connectivity index (χ3n) is 11.2. The second kappa shape index (κ2) is 9.56. The maximum absolute atomic E-state index is 6.26. The van der Waals surface area contributed by atoms with Crippen molar-refractivity contribution in [2.24, 2.45) is 0 Å². The van der Waals surface area contributed by atoms with Gasteiger partial charge in [-0.2, -0.15) is 0 Å². The van der Waals surface area contributed by atoms with Crippen LogP contribution < -0.4 is 0 Å². The van der Waals surface area contributed by atoms with Crippen LogP contribution in [-0.2, 0) is 5.41 Å². The van der Waals surface area contributed by atoms with Crippen LogP contribution in [0.2, 0.25) is 0 Å². The van der Waals surface area contributed by atoms with Gasteiger partial charge in [-0.3, -0.25) is 0 Å². The zero-order valence-corrected chi connectivity index (χ0v) is 27.7. The van der Waals surface area contributed by atoms with E-state index in [9.17, 15) is 0 Å². The lowest BCUT2D eigenvalue weighted by molar-refractivity contribution is 0.669. The average Bonchev–Trinajstić information content (AvgIpc) is 3.80. The van der Waals surface area contributed by atoms with Gasteiger partial charge in [0.2, 0.25) is 0 Å². The Morgan fingerprint density at radius 2 is 1.12 bits per heavy atom. The topological polar surface area (TPSA) is 18.1 Å². The van der Waals surface area contributed by atoms with Crippen LogP contribution in [0.5, 0.6) is 0 Å². The molecule has 0 N–H and O–H groups in total. The number of nitrogens with zero attached hydrogens (tertiary/aromatic N) is 1. The summed E-state index contributed by atoms with van der Waals surface area (Å²) in [5.74, 6) is 0. The summed E-state index contributed by atoms with van der Waals surface area (Å²) in [5.41, 5.74) is 13.0. The zero-order chi connectivity index (χ0) is 32.6. The summed E-state index contributed by atoms with van der Waals surface area (Å²) in [6.45, 7) is 0. The minimum Gasteiger partial charge on any atom is -0.456 e. The molecule has 0 fully saturated rings. The first kappa shape index (κ1) is 26.9. The van der Waals surface area contributed by atoms with Gasteiger partial charge in [0, 0.05) is 37.0 Å². The summed E-state index contributed by atoms with van der Waals surface area (Å²) in [6.07, 6.45) is 0. The number of hydrogen-bond acceptors (Lipinski definition) is 2. The molecule has 0 atom stereocenters. The largest absolute Gasteiger partial charge is 0.456 e. The molecule has 12 rings (SSSR count). The highest BCUT2D eigenvalue weighted by Crippen LogP contribution is 2.62. The molecule has 10 aromatic rings. The third-order valence-corrected chi connectivity index (χ3v) is 12.4. The van der Waals surface area contributed by atoms with Gasteiger partial charge in [0.25, 0.3) is 0 Å². The molecule has 2 aromatic heterocycles. The van der Waals surface area contributed by atoms with Crippen molar-refractivity contribution in [1.29, 1.82) is 0 Å². The number of para-hydroxylation sites is 1. The number of benzene rings is 8. The first-order valence-electron chi connectivity index (χ1n) is 17.2. The predicted molar refractivity (Wildman–Crippen MR) is 207 cm³/mol. The Kier molecular flexibility index (Phi) is 5.14. The van der Waals surface area contributed by atoms with Gasteiger partial charge in [-0.15, -0.1) is 0 Å². The van der Waals surface area contributed by atoms with E-state index in [-0.39, 0.29) is 0 Å². The summed E-state index contributed by atoms with van der Waals surface area (Å²) in [4.78, 5) is 2.61. The van der Waals surface area contributed by atoms with Crippen LogP contribution in [-0.4, -0.2) is 4.57 Å². The highest BCUT2D eigenvalue weighted by Gasteiger charge is 2.50. The van der Waals surface area contributed by atoms with E-state index in [1.165, 1.54) is 75.7 Å². The summed E-state index contributed by atoms with van der Waals surface area (Å²) in [6, 6.07) is 60.6. The average molecular weight is 654 g/mol. The summed E-state index contributed by atoms with van der Waals surface area (Å²) >= 11 is 1.90. The van der Waals surface area contributed by atoms with Gasteiger partial charge in [0.1, 0.15) is 11.2 Å². The van der Waals surface area contributed by atoms with E-state index in [0.29, 0.717) is 0 Å². The molecule has 0 radical (unpaired) electrons. The van der Waals surface area contributed by atoms with Gasteiger partial charge in [0.05, 0.1) is 16.4 Å². The van der Waals surface area contributed by atoms with Crippen LogP contribution in [0, 0.1) is 0 Å². The monoisotopic (exact) mass is 653 g/mol. The molecule has 1 spiro atoms.